The predicted molar refractivity (Wildman–Crippen MR) is 79.3 cm³/mol. The molecule has 2 rings (SSSR count). The highest BCUT2D eigenvalue weighted by molar-refractivity contribution is 5.64. The molecule has 1 aromatic carbocycles. The molecule has 0 atom stereocenters. The summed E-state index contributed by atoms with van der Waals surface area (Å²) in [7, 11) is 0. The molecule has 100 valence electrons. The first-order valence-corrected chi connectivity index (χ1v) is 6.84. The number of nitrogens with two attached hydrogens (primary N) is 1. The highest BCUT2D eigenvalue weighted by atomic mass is 15.3. The van der Waals surface area contributed by atoms with Crippen molar-refractivity contribution in [2.45, 2.75) is 33.7 Å². The van der Waals surface area contributed by atoms with E-state index in [0.29, 0.717) is 6.04 Å². The number of benzene rings is 1. The van der Waals surface area contributed by atoms with Crippen LogP contribution < -0.4 is 10.6 Å². The summed E-state index contributed by atoms with van der Waals surface area (Å²) in [6.45, 7) is 13.4. The van der Waals surface area contributed by atoms with Gasteiger partial charge in [-0.15, -0.1) is 0 Å². The highest BCUT2D eigenvalue weighted by Crippen LogP contribution is 2.28. The number of hydrogen-bond acceptors (Lipinski definition) is 3. The molecule has 1 aromatic rings. The van der Waals surface area contributed by atoms with Crippen molar-refractivity contribution < 1.29 is 0 Å². The molecule has 0 aromatic heterocycles. The van der Waals surface area contributed by atoms with Crippen LogP contribution in [-0.4, -0.2) is 37.1 Å². The van der Waals surface area contributed by atoms with Gasteiger partial charge in [0, 0.05) is 43.6 Å². The number of hydrogen-bond donors (Lipinski definition) is 1. The lowest BCUT2D eigenvalue weighted by atomic mass is 10.1. The number of piperazine rings is 1. The van der Waals surface area contributed by atoms with Crippen LogP contribution >= 0.6 is 0 Å². The molecule has 1 saturated heterocycles. The predicted octanol–water partition coefficient (Wildman–Crippen LogP) is 2.42. The zero-order chi connectivity index (χ0) is 13.3. The molecule has 1 aliphatic rings. The average Bonchev–Trinajstić information content (AvgIpc) is 2.28. The van der Waals surface area contributed by atoms with Gasteiger partial charge in [-0.05, 0) is 51.0 Å². The van der Waals surface area contributed by atoms with Gasteiger partial charge in [-0.2, -0.15) is 0 Å². The van der Waals surface area contributed by atoms with Gasteiger partial charge in [0.05, 0.1) is 0 Å². The van der Waals surface area contributed by atoms with Crippen molar-refractivity contribution in [1.29, 1.82) is 0 Å². The van der Waals surface area contributed by atoms with Crippen molar-refractivity contribution >= 4 is 11.4 Å². The fourth-order valence-electron chi connectivity index (χ4n) is 2.95. The summed E-state index contributed by atoms with van der Waals surface area (Å²) in [6.07, 6.45) is 0. The normalized spacial score (nSPS) is 17.5. The van der Waals surface area contributed by atoms with E-state index < -0.39 is 0 Å². The fraction of sp³-hybridized carbons (Fsp3) is 0.600. The van der Waals surface area contributed by atoms with Crippen LogP contribution in [0.3, 0.4) is 0 Å². The highest BCUT2D eigenvalue weighted by Gasteiger charge is 2.21. The Morgan fingerprint density at radius 2 is 1.50 bits per heavy atom. The van der Waals surface area contributed by atoms with Gasteiger partial charge in [-0.1, -0.05) is 0 Å². The summed E-state index contributed by atoms with van der Waals surface area (Å²) < 4.78 is 0. The van der Waals surface area contributed by atoms with Gasteiger partial charge in [-0.3, -0.25) is 4.90 Å². The molecular weight excluding hydrogens is 222 g/mol. The van der Waals surface area contributed by atoms with Gasteiger partial charge < -0.3 is 10.6 Å². The monoisotopic (exact) mass is 247 g/mol. The van der Waals surface area contributed by atoms with Gasteiger partial charge in [0.1, 0.15) is 0 Å². The minimum Gasteiger partial charge on any atom is -0.399 e. The second kappa shape index (κ2) is 5.19. The summed E-state index contributed by atoms with van der Waals surface area (Å²) in [5.74, 6) is 0. The van der Waals surface area contributed by atoms with Crippen molar-refractivity contribution in [2.75, 3.05) is 36.8 Å². The standard InChI is InChI=1S/C15H25N3/c1-11(2)17-5-7-18(8-6-17)15-12(3)9-14(16)10-13(15)4/h9-11H,5-8,16H2,1-4H3. The van der Waals surface area contributed by atoms with Crippen molar-refractivity contribution in [3.63, 3.8) is 0 Å². The molecule has 0 unspecified atom stereocenters. The molecule has 1 aliphatic heterocycles. The molecule has 1 fully saturated rings. The Kier molecular flexibility index (Phi) is 3.81. The fourth-order valence-corrected chi connectivity index (χ4v) is 2.95. The van der Waals surface area contributed by atoms with E-state index in [9.17, 15) is 0 Å². The molecule has 0 radical (unpaired) electrons. The third-order valence-corrected chi connectivity index (χ3v) is 3.87. The van der Waals surface area contributed by atoms with E-state index in [1.165, 1.54) is 16.8 Å². The maximum atomic E-state index is 5.89. The second-order valence-electron chi connectivity index (χ2n) is 5.62. The quantitative estimate of drug-likeness (QED) is 0.815. The topological polar surface area (TPSA) is 32.5 Å². The third-order valence-electron chi connectivity index (χ3n) is 3.87. The number of nitrogens with zero attached hydrogens (tertiary/aromatic N) is 2. The maximum Gasteiger partial charge on any atom is 0.0428 e. The number of rotatable bonds is 2. The van der Waals surface area contributed by atoms with E-state index in [2.05, 4.69) is 49.6 Å². The summed E-state index contributed by atoms with van der Waals surface area (Å²) in [6, 6.07) is 4.81. The van der Waals surface area contributed by atoms with E-state index in [-0.39, 0.29) is 0 Å². The average molecular weight is 247 g/mol. The lowest BCUT2D eigenvalue weighted by molar-refractivity contribution is 0.209. The minimum atomic E-state index is 0.653. The first kappa shape index (κ1) is 13.2. The molecule has 18 heavy (non-hydrogen) atoms. The molecule has 3 nitrogen and oxygen atoms in total. The largest absolute Gasteiger partial charge is 0.399 e. The Balaban J connectivity index is 2.15. The summed E-state index contributed by atoms with van der Waals surface area (Å²) >= 11 is 0. The van der Waals surface area contributed by atoms with Crippen LogP contribution in [0.1, 0.15) is 25.0 Å². The smallest absolute Gasteiger partial charge is 0.0428 e. The molecule has 0 amide bonds. The summed E-state index contributed by atoms with van der Waals surface area (Å²) in [5.41, 5.74) is 10.7. The Morgan fingerprint density at radius 1 is 1.00 bits per heavy atom. The number of aryl methyl sites for hydroxylation is 2. The van der Waals surface area contributed by atoms with Gasteiger partial charge in [0.15, 0.2) is 0 Å². The van der Waals surface area contributed by atoms with Crippen LogP contribution in [0.4, 0.5) is 11.4 Å². The van der Waals surface area contributed by atoms with Crippen LogP contribution in [0.5, 0.6) is 0 Å². The Labute approximate surface area is 111 Å². The van der Waals surface area contributed by atoms with Crippen LogP contribution in [0.25, 0.3) is 0 Å². The Hall–Kier alpha value is -1.22. The zero-order valence-electron chi connectivity index (χ0n) is 12.0. The molecule has 0 aliphatic carbocycles. The van der Waals surface area contributed by atoms with Crippen molar-refractivity contribution in [1.82, 2.24) is 4.90 Å². The molecule has 0 spiro atoms. The molecule has 3 heteroatoms. The molecule has 1 heterocycles. The van der Waals surface area contributed by atoms with Gasteiger partial charge in [-0.25, -0.2) is 0 Å². The second-order valence-corrected chi connectivity index (χ2v) is 5.62. The number of nitrogen functional groups attached to an aromatic ring is 1. The first-order chi connectivity index (χ1) is 8.49. The van der Waals surface area contributed by atoms with E-state index in [1.54, 1.807) is 0 Å². The van der Waals surface area contributed by atoms with Crippen molar-refractivity contribution in [3.05, 3.63) is 23.3 Å². The van der Waals surface area contributed by atoms with Gasteiger partial charge in [0.25, 0.3) is 0 Å². The molecule has 0 bridgehead atoms. The van der Waals surface area contributed by atoms with Crippen LogP contribution in [0.15, 0.2) is 12.1 Å². The molecule has 2 N–H and O–H groups in total. The van der Waals surface area contributed by atoms with Gasteiger partial charge in [0.2, 0.25) is 0 Å². The maximum absolute atomic E-state index is 5.89. The SMILES string of the molecule is Cc1cc(N)cc(C)c1N1CCN(C(C)C)CC1. The summed E-state index contributed by atoms with van der Waals surface area (Å²) in [4.78, 5) is 5.04. The lowest BCUT2D eigenvalue weighted by Gasteiger charge is -2.39. The van der Waals surface area contributed by atoms with E-state index >= 15 is 0 Å². The van der Waals surface area contributed by atoms with E-state index in [1.807, 2.05) is 0 Å². The molecule has 0 saturated carbocycles. The molecular formula is C15H25N3. The lowest BCUT2D eigenvalue weighted by Crippen LogP contribution is -2.49. The summed E-state index contributed by atoms with van der Waals surface area (Å²) in [5, 5.41) is 0. The Morgan fingerprint density at radius 3 is 1.94 bits per heavy atom. The van der Waals surface area contributed by atoms with Crippen LogP contribution in [0, 0.1) is 13.8 Å². The Bertz CT molecular complexity index is 395. The minimum absolute atomic E-state index is 0.653. The van der Waals surface area contributed by atoms with E-state index in [0.717, 1.165) is 31.9 Å². The van der Waals surface area contributed by atoms with Crippen LogP contribution in [0.2, 0.25) is 0 Å². The van der Waals surface area contributed by atoms with Gasteiger partial charge >= 0.3 is 0 Å². The van der Waals surface area contributed by atoms with E-state index in [4.69, 9.17) is 5.73 Å². The number of anilines is 2. The van der Waals surface area contributed by atoms with Crippen molar-refractivity contribution in [3.8, 4) is 0 Å². The van der Waals surface area contributed by atoms with Crippen LogP contribution in [-0.2, 0) is 0 Å². The first-order valence-electron chi connectivity index (χ1n) is 6.84. The third kappa shape index (κ3) is 2.61. The van der Waals surface area contributed by atoms with Crippen molar-refractivity contribution in [2.24, 2.45) is 0 Å². The zero-order valence-corrected chi connectivity index (χ0v) is 12.0.